The summed E-state index contributed by atoms with van der Waals surface area (Å²) in [5.41, 5.74) is 2.98. The summed E-state index contributed by atoms with van der Waals surface area (Å²) < 4.78 is 27.1. The van der Waals surface area contributed by atoms with E-state index >= 15 is 0 Å². The number of aromatic amines is 1. The Morgan fingerprint density at radius 2 is 2.19 bits per heavy atom. The van der Waals surface area contributed by atoms with E-state index in [4.69, 9.17) is 0 Å². The average molecular weight is 306 g/mol. The second-order valence-corrected chi connectivity index (χ2v) is 6.66. The second-order valence-electron chi connectivity index (χ2n) is 4.89. The first-order chi connectivity index (χ1) is 9.95. The molecule has 3 N–H and O–H groups in total. The average Bonchev–Trinajstić information content (AvgIpc) is 3.00. The van der Waals surface area contributed by atoms with Crippen LogP contribution < -0.4 is 10.0 Å². The fraction of sp³-hybridized carbons (Fsp3) is 0.231. The van der Waals surface area contributed by atoms with E-state index in [1.54, 1.807) is 12.3 Å². The summed E-state index contributed by atoms with van der Waals surface area (Å²) in [6, 6.07) is 4.62. The van der Waals surface area contributed by atoms with Crippen molar-refractivity contribution >= 4 is 21.6 Å². The van der Waals surface area contributed by atoms with Crippen molar-refractivity contribution < 1.29 is 13.2 Å². The van der Waals surface area contributed by atoms with E-state index in [2.05, 4.69) is 20.2 Å². The van der Waals surface area contributed by atoms with Crippen molar-refractivity contribution in [2.45, 2.75) is 24.8 Å². The van der Waals surface area contributed by atoms with Gasteiger partial charge in [0.05, 0.1) is 17.5 Å². The number of aryl methyl sites for hydroxylation is 1. The normalized spacial score (nSPS) is 14.0. The van der Waals surface area contributed by atoms with Crippen LogP contribution in [0.3, 0.4) is 0 Å². The van der Waals surface area contributed by atoms with E-state index in [9.17, 15) is 13.2 Å². The minimum absolute atomic E-state index is 0.124. The monoisotopic (exact) mass is 306 g/mol. The van der Waals surface area contributed by atoms with Crippen molar-refractivity contribution in [2.24, 2.45) is 0 Å². The lowest BCUT2D eigenvalue weighted by Crippen LogP contribution is -2.23. The number of fused-ring (bicyclic) bond motifs is 1. The van der Waals surface area contributed by atoms with E-state index in [0.29, 0.717) is 11.3 Å². The summed E-state index contributed by atoms with van der Waals surface area (Å²) in [4.78, 5) is 11.4. The fourth-order valence-corrected chi connectivity index (χ4v) is 3.24. The van der Waals surface area contributed by atoms with Gasteiger partial charge in [-0.1, -0.05) is 0 Å². The minimum Gasteiger partial charge on any atom is -0.326 e. The number of benzene rings is 1. The molecular formula is C13H14N4O3S. The van der Waals surface area contributed by atoms with Crippen molar-refractivity contribution in [3.8, 4) is 0 Å². The number of amides is 1. The van der Waals surface area contributed by atoms with Gasteiger partial charge in [-0.15, -0.1) is 0 Å². The summed E-state index contributed by atoms with van der Waals surface area (Å²) in [7, 11) is -3.62. The molecule has 7 nitrogen and oxygen atoms in total. The van der Waals surface area contributed by atoms with Crippen LogP contribution >= 0.6 is 0 Å². The minimum atomic E-state index is -3.62. The molecule has 1 aliphatic rings. The summed E-state index contributed by atoms with van der Waals surface area (Å²) in [5.74, 6) is -0.124. The smallest absolute Gasteiger partial charge is 0.240 e. The molecule has 0 saturated heterocycles. The number of hydrogen-bond acceptors (Lipinski definition) is 4. The van der Waals surface area contributed by atoms with Crippen molar-refractivity contribution in [3.05, 3.63) is 41.2 Å². The predicted octanol–water partition coefficient (Wildman–Crippen LogP) is 0.691. The van der Waals surface area contributed by atoms with Crippen LogP contribution in [0.5, 0.6) is 0 Å². The molecule has 8 heteroatoms. The number of rotatable bonds is 4. The van der Waals surface area contributed by atoms with E-state index < -0.39 is 10.0 Å². The topological polar surface area (TPSA) is 104 Å². The fourth-order valence-electron chi connectivity index (χ4n) is 2.18. The van der Waals surface area contributed by atoms with Gasteiger partial charge in [0.25, 0.3) is 0 Å². The molecule has 0 bridgehead atoms. The molecule has 1 aromatic heterocycles. The Balaban J connectivity index is 1.81. The number of hydrogen-bond donors (Lipinski definition) is 3. The molecular weight excluding hydrogens is 292 g/mol. The predicted molar refractivity (Wildman–Crippen MR) is 76.1 cm³/mol. The molecule has 0 aliphatic carbocycles. The zero-order valence-electron chi connectivity index (χ0n) is 11.3. The van der Waals surface area contributed by atoms with Crippen molar-refractivity contribution in [3.63, 3.8) is 0 Å². The van der Waals surface area contributed by atoms with Gasteiger partial charge in [0.1, 0.15) is 0 Å². The molecule has 1 amide bonds. The van der Waals surface area contributed by atoms with Gasteiger partial charge in [-0.05, 0) is 30.7 Å². The van der Waals surface area contributed by atoms with Gasteiger partial charge in [-0.2, -0.15) is 5.10 Å². The lowest BCUT2D eigenvalue weighted by Gasteiger charge is -2.07. The summed E-state index contributed by atoms with van der Waals surface area (Å²) in [5, 5.41) is 9.27. The van der Waals surface area contributed by atoms with Gasteiger partial charge >= 0.3 is 0 Å². The van der Waals surface area contributed by atoms with Crippen LogP contribution in [-0.4, -0.2) is 24.5 Å². The highest BCUT2D eigenvalue weighted by Crippen LogP contribution is 2.25. The van der Waals surface area contributed by atoms with Crippen molar-refractivity contribution in [1.29, 1.82) is 0 Å². The first-order valence-corrected chi connectivity index (χ1v) is 7.85. The summed E-state index contributed by atoms with van der Waals surface area (Å²) in [6.45, 7) is 1.99. The molecule has 0 fully saturated rings. The van der Waals surface area contributed by atoms with Crippen LogP contribution in [0.25, 0.3) is 0 Å². The van der Waals surface area contributed by atoms with Crippen LogP contribution in [-0.2, 0) is 27.8 Å². The molecule has 2 aromatic rings. The number of carbonyl (C=O) groups excluding carboxylic acids is 1. The number of H-pyrrole nitrogens is 1. The first-order valence-electron chi connectivity index (χ1n) is 6.37. The highest BCUT2D eigenvalue weighted by atomic mass is 32.2. The maximum atomic E-state index is 12.3. The standard InChI is InChI=1S/C13H14N4O3S/c1-8-10(6-14-17-8)7-15-21(19,20)11-2-3-12-9(4-11)5-13(18)16-12/h2-4,6,15H,5,7H2,1H3,(H,14,17)(H,16,18). The lowest BCUT2D eigenvalue weighted by molar-refractivity contribution is -0.115. The Morgan fingerprint density at radius 1 is 1.38 bits per heavy atom. The third-order valence-electron chi connectivity index (χ3n) is 3.40. The second kappa shape index (κ2) is 4.97. The zero-order valence-corrected chi connectivity index (χ0v) is 12.1. The van der Waals surface area contributed by atoms with Crippen molar-refractivity contribution in [2.75, 3.05) is 5.32 Å². The summed E-state index contributed by atoms with van der Waals surface area (Å²) in [6.07, 6.45) is 1.79. The highest BCUT2D eigenvalue weighted by Gasteiger charge is 2.21. The molecule has 110 valence electrons. The third kappa shape index (κ3) is 2.67. The SMILES string of the molecule is Cc1[nH]ncc1CNS(=O)(=O)c1ccc2c(c1)CC(=O)N2. The van der Waals surface area contributed by atoms with Gasteiger partial charge < -0.3 is 5.32 Å². The molecule has 1 aliphatic heterocycles. The Labute approximate surface area is 121 Å². The number of nitrogens with zero attached hydrogens (tertiary/aromatic N) is 1. The van der Waals surface area contributed by atoms with E-state index in [1.807, 2.05) is 6.92 Å². The van der Waals surface area contributed by atoms with Gasteiger partial charge in [0.15, 0.2) is 0 Å². The van der Waals surface area contributed by atoms with Gasteiger partial charge in [-0.3, -0.25) is 9.89 Å². The van der Waals surface area contributed by atoms with Crippen molar-refractivity contribution in [1.82, 2.24) is 14.9 Å². The maximum absolute atomic E-state index is 12.3. The van der Waals surface area contributed by atoms with Crippen LogP contribution in [0.1, 0.15) is 16.8 Å². The molecule has 2 heterocycles. The molecule has 0 atom stereocenters. The highest BCUT2D eigenvalue weighted by molar-refractivity contribution is 7.89. The first kappa shape index (κ1) is 13.8. The Hall–Kier alpha value is -2.19. The number of anilines is 1. The number of sulfonamides is 1. The number of carbonyl (C=O) groups is 1. The third-order valence-corrected chi connectivity index (χ3v) is 4.80. The lowest BCUT2D eigenvalue weighted by atomic mass is 10.2. The zero-order chi connectivity index (χ0) is 15.0. The Morgan fingerprint density at radius 3 is 2.90 bits per heavy atom. The van der Waals surface area contributed by atoms with E-state index in [0.717, 1.165) is 11.3 Å². The molecule has 0 saturated carbocycles. The number of nitrogens with one attached hydrogen (secondary N) is 3. The van der Waals surface area contributed by atoms with Crippen LogP contribution in [0, 0.1) is 6.92 Å². The largest absolute Gasteiger partial charge is 0.326 e. The Kier molecular flexibility index (Phi) is 3.26. The van der Waals surface area contributed by atoms with Crippen LogP contribution in [0.2, 0.25) is 0 Å². The van der Waals surface area contributed by atoms with Crippen LogP contribution in [0.15, 0.2) is 29.3 Å². The maximum Gasteiger partial charge on any atom is 0.240 e. The molecule has 0 unspecified atom stereocenters. The molecule has 0 spiro atoms. The van der Waals surface area contributed by atoms with Gasteiger partial charge in [-0.25, -0.2) is 13.1 Å². The molecule has 3 rings (SSSR count). The molecule has 21 heavy (non-hydrogen) atoms. The molecule has 0 radical (unpaired) electrons. The number of aromatic nitrogens is 2. The Bertz CT molecular complexity index is 811. The van der Waals surface area contributed by atoms with Crippen LogP contribution in [0.4, 0.5) is 5.69 Å². The van der Waals surface area contributed by atoms with E-state index in [1.165, 1.54) is 12.1 Å². The quantitative estimate of drug-likeness (QED) is 0.773. The van der Waals surface area contributed by atoms with E-state index in [-0.39, 0.29) is 23.8 Å². The van der Waals surface area contributed by atoms with Gasteiger partial charge in [0, 0.05) is 23.5 Å². The van der Waals surface area contributed by atoms with Gasteiger partial charge in [0.2, 0.25) is 15.9 Å². The molecule has 1 aromatic carbocycles. The summed E-state index contributed by atoms with van der Waals surface area (Å²) >= 11 is 0.